The monoisotopic (exact) mass is 646 g/mol. The summed E-state index contributed by atoms with van der Waals surface area (Å²) in [5, 5.41) is 8.03. The van der Waals surface area contributed by atoms with Crippen LogP contribution in [0.2, 0.25) is 0 Å². The Kier molecular flexibility index (Phi) is 11.4. The summed E-state index contributed by atoms with van der Waals surface area (Å²) in [7, 11) is 0. The molecule has 12 nitrogen and oxygen atoms in total. The van der Waals surface area contributed by atoms with Crippen LogP contribution in [0.15, 0.2) is 67.1 Å². The van der Waals surface area contributed by atoms with Crippen LogP contribution in [0.1, 0.15) is 70.2 Å². The number of amides is 4. The molecule has 1 saturated heterocycles. The van der Waals surface area contributed by atoms with Crippen LogP contribution in [0.25, 0.3) is 0 Å². The Morgan fingerprint density at radius 3 is 2.23 bits per heavy atom. The first-order chi connectivity index (χ1) is 22.2. The average Bonchev–Trinajstić information content (AvgIpc) is 3.70. The van der Waals surface area contributed by atoms with Gasteiger partial charge in [-0.3, -0.25) is 14.4 Å². The Hall–Kier alpha value is -4.71. The summed E-state index contributed by atoms with van der Waals surface area (Å²) in [6.07, 6.45) is 4.27. The molecule has 1 aliphatic rings. The van der Waals surface area contributed by atoms with Gasteiger partial charge in [0.05, 0.1) is 19.5 Å². The molecule has 1 aromatic heterocycles. The van der Waals surface area contributed by atoms with Crippen molar-refractivity contribution in [3.63, 3.8) is 0 Å². The summed E-state index contributed by atoms with van der Waals surface area (Å²) in [5.74, 6) is -1.04. The summed E-state index contributed by atoms with van der Waals surface area (Å²) in [6.45, 7) is 11.6. The first-order valence-electron chi connectivity index (χ1n) is 15.9. The summed E-state index contributed by atoms with van der Waals surface area (Å²) >= 11 is 0. The number of rotatable bonds is 12. The number of ether oxygens (including phenoxy) is 2. The number of hydrogen-bond donors (Lipinski definition) is 3. The molecule has 1 fully saturated rings. The highest BCUT2D eigenvalue weighted by Gasteiger charge is 2.35. The molecule has 252 valence electrons. The molecule has 0 bridgehead atoms. The van der Waals surface area contributed by atoms with Crippen LogP contribution < -0.4 is 16.0 Å². The molecule has 0 saturated carbocycles. The number of aromatic nitrogens is 2. The van der Waals surface area contributed by atoms with E-state index in [0.717, 1.165) is 29.5 Å². The number of nitrogens with one attached hydrogen (secondary N) is 3. The van der Waals surface area contributed by atoms with Gasteiger partial charge in [0.15, 0.2) is 5.82 Å². The van der Waals surface area contributed by atoms with Gasteiger partial charge in [0.1, 0.15) is 23.2 Å². The molecule has 0 aliphatic carbocycles. The maximum absolute atomic E-state index is 13.7. The molecule has 4 rings (SSSR count). The number of carbonyl (C=O) groups excluding carboxylic acids is 4. The number of aryl methyl sites for hydroxylation is 1. The Bertz CT molecular complexity index is 1520. The second kappa shape index (κ2) is 15.3. The van der Waals surface area contributed by atoms with E-state index in [1.165, 1.54) is 20.2 Å². The van der Waals surface area contributed by atoms with Gasteiger partial charge in [-0.05, 0) is 65.5 Å². The van der Waals surface area contributed by atoms with Gasteiger partial charge in [-0.25, -0.2) is 9.78 Å². The van der Waals surface area contributed by atoms with Crippen molar-refractivity contribution in [2.45, 2.75) is 84.2 Å². The number of likely N-dealkylation sites (tertiary alicyclic amines) is 1. The van der Waals surface area contributed by atoms with Crippen molar-refractivity contribution in [1.29, 1.82) is 0 Å². The predicted molar refractivity (Wildman–Crippen MR) is 177 cm³/mol. The van der Waals surface area contributed by atoms with Crippen molar-refractivity contribution in [3.8, 4) is 0 Å². The van der Waals surface area contributed by atoms with Crippen LogP contribution in [0, 0.1) is 6.92 Å². The molecule has 2 atom stereocenters. The standard InChI is InChI=1S/C35H46N6O6/c1-24-14-16-26(17-15-24)29(31(43)40-18-10-11-19-40)41-20-28(36-23-41)38-30(42)27(22-46-21-25-12-8-7-9-13-25)37-32(44)35(5,6)39-33(45)47-34(2,3)4/h7-9,12-17,20,23,27,29H,10-11,18-19,21-22H2,1-6H3,(H,37,44)(H,38,42)(H,39,45). The van der Waals surface area contributed by atoms with Gasteiger partial charge >= 0.3 is 6.09 Å². The van der Waals surface area contributed by atoms with E-state index < -0.39 is 41.1 Å². The molecule has 1 aliphatic heterocycles. The van der Waals surface area contributed by atoms with E-state index in [1.54, 1.807) is 31.5 Å². The Balaban J connectivity index is 1.51. The van der Waals surface area contributed by atoms with Crippen LogP contribution in [-0.2, 0) is 30.5 Å². The molecular weight excluding hydrogens is 600 g/mol. The normalized spacial score (nSPS) is 14.6. The van der Waals surface area contributed by atoms with Crippen LogP contribution in [0.3, 0.4) is 0 Å². The first-order valence-corrected chi connectivity index (χ1v) is 15.9. The van der Waals surface area contributed by atoms with E-state index in [1.807, 2.05) is 66.4 Å². The number of carbonyl (C=O) groups is 4. The fraction of sp³-hybridized carbons (Fsp3) is 0.457. The van der Waals surface area contributed by atoms with Crippen LogP contribution >= 0.6 is 0 Å². The lowest BCUT2D eigenvalue weighted by Gasteiger charge is -2.29. The van der Waals surface area contributed by atoms with Gasteiger partial charge in [0.25, 0.3) is 5.91 Å². The van der Waals surface area contributed by atoms with E-state index >= 15 is 0 Å². The first kappa shape index (κ1) is 35.1. The number of alkyl carbamates (subject to hydrolysis) is 1. The summed E-state index contributed by atoms with van der Waals surface area (Å²) < 4.78 is 12.8. The number of nitrogens with zero attached hydrogens (tertiary/aromatic N) is 3. The zero-order valence-electron chi connectivity index (χ0n) is 28.0. The quantitative estimate of drug-likeness (QED) is 0.266. The van der Waals surface area contributed by atoms with Gasteiger partial charge in [0.2, 0.25) is 11.8 Å². The third-order valence-electron chi connectivity index (χ3n) is 7.59. The lowest BCUT2D eigenvalue weighted by atomic mass is 10.0. The van der Waals surface area contributed by atoms with E-state index in [0.29, 0.717) is 13.1 Å². The molecule has 3 aromatic rings. The van der Waals surface area contributed by atoms with Gasteiger partial charge in [-0.2, -0.15) is 0 Å². The van der Waals surface area contributed by atoms with Gasteiger partial charge < -0.3 is 34.9 Å². The highest BCUT2D eigenvalue weighted by Crippen LogP contribution is 2.25. The molecule has 0 radical (unpaired) electrons. The number of hydrogen-bond acceptors (Lipinski definition) is 7. The minimum Gasteiger partial charge on any atom is -0.444 e. The molecule has 2 heterocycles. The molecule has 3 N–H and O–H groups in total. The van der Waals surface area contributed by atoms with Crippen molar-refractivity contribution in [3.05, 3.63) is 83.8 Å². The SMILES string of the molecule is Cc1ccc(C(C(=O)N2CCCC2)n2cnc(NC(=O)C(COCc3ccccc3)NC(=O)C(C)(C)NC(=O)OC(C)(C)C)c2)cc1. The highest BCUT2D eigenvalue weighted by molar-refractivity contribution is 5.98. The molecule has 12 heteroatoms. The van der Waals surface area contributed by atoms with Gasteiger partial charge in [-0.15, -0.1) is 0 Å². The molecule has 2 unspecified atom stereocenters. The predicted octanol–water partition coefficient (Wildman–Crippen LogP) is 4.35. The van der Waals surface area contributed by atoms with Crippen molar-refractivity contribution < 1.29 is 28.7 Å². The lowest BCUT2D eigenvalue weighted by Crippen LogP contribution is -2.59. The smallest absolute Gasteiger partial charge is 0.408 e. The fourth-order valence-corrected chi connectivity index (χ4v) is 5.06. The third-order valence-corrected chi connectivity index (χ3v) is 7.59. The van der Waals surface area contributed by atoms with Crippen LogP contribution in [-0.4, -0.2) is 75.1 Å². The van der Waals surface area contributed by atoms with Crippen molar-refractivity contribution in [1.82, 2.24) is 25.1 Å². The van der Waals surface area contributed by atoms with E-state index in [4.69, 9.17) is 9.47 Å². The molecule has 0 spiro atoms. The average molecular weight is 647 g/mol. The third kappa shape index (κ3) is 10.1. The Morgan fingerprint density at radius 1 is 0.936 bits per heavy atom. The second-order valence-corrected chi connectivity index (χ2v) is 13.3. The maximum atomic E-state index is 13.7. The van der Waals surface area contributed by atoms with E-state index in [9.17, 15) is 19.2 Å². The molecular formula is C35H46N6O6. The van der Waals surface area contributed by atoms with Crippen LogP contribution in [0.4, 0.5) is 10.6 Å². The highest BCUT2D eigenvalue weighted by atomic mass is 16.6. The summed E-state index contributed by atoms with van der Waals surface area (Å²) in [6, 6.07) is 15.4. The molecule has 47 heavy (non-hydrogen) atoms. The topological polar surface area (TPSA) is 144 Å². The van der Waals surface area contributed by atoms with E-state index in [-0.39, 0.29) is 24.9 Å². The number of anilines is 1. The maximum Gasteiger partial charge on any atom is 0.408 e. The summed E-state index contributed by atoms with van der Waals surface area (Å²) in [4.78, 5) is 59.3. The largest absolute Gasteiger partial charge is 0.444 e. The van der Waals surface area contributed by atoms with E-state index in [2.05, 4.69) is 20.9 Å². The minimum absolute atomic E-state index is 0.0409. The van der Waals surface area contributed by atoms with Gasteiger partial charge in [-0.1, -0.05) is 60.2 Å². The second-order valence-electron chi connectivity index (χ2n) is 13.3. The van der Waals surface area contributed by atoms with Crippen molar-refractivity contribution in [2.75, 3.05) is 25.0 Å². The molecule has 2 aromatic carbocycles. The molecule has 4 amide bonds. The minimum atomic E-state index is -1.42. The van der Waals surface area contributed by atoms with Crippen LogP contribution in [0.5, 0.6) is 0 Å². The Labute approximate surface area is 276 Å². The number of benzene rings is 2. The van der Waals surface area contributed by atoms with Crippen molar-refractivity contribution in [2.24, 2.45) is 0 Å². The zero-order valence-corrected chi connectivity index (χ0v) is 28.0. The number of imidazole rings is 1. The van der Waals surface area contributed by atoms with Crippen molar-refractivity contribution >= 4 is 29.6 Å². The fourth-order valence-electron chi connectivity index (χ4n) is 5.06. The summed E-state index contributed by atoms with van der Waals surface area (Å²) in [5.41, 5.74) is 0.604. The van der Waals surface area contributed by atoms with Gasteiger partial charge in [0, 0.05) is 19.3 Å². The lowest BCUT2D eigenvalue weighted by molar-refractivity contribution is -0.132. The Morgan fingerprint density at radius 2 is 1.60 bits per heavy atom. The zero-order chi connectivity index (χ0) is 34.2.